The highest BCUT2D eigenvalue weighted by molar-refractivity contribution is 5.47. The molecule has 3 nitrogen and oxygen atoms in total. The maximum absolute atomic E-state index is 5.90. The molecule has 0 spiro atoms. The molecule has 1 aromatic carbocycles. The molecule has 2 rings (SSSR count). The quantitative estimate of drug-likeness (QED) is 0.828. The third-order valence-corrected chi connectivity index (χ3v) is 3.97. The fraction of sp³-hybridized carbons (Fsp3) is 0.625. The van der Waals surface area contributed by atoms with Crippen molar-refractivity contribution in [2.24, 2.45) is 5.92 Å². The molecule has 2 N–H and O–H groups in total. The van der Waals surface area contributed by atoms with Gasteiger partial charge in [0.25, 0.3) is 0 Å². The number of anilines is 1. The van der Waals surface area contributed by atoms with E-state index < -0.39 is 0 Å². The molecule has 1 aliphatic carbocycles. The van der Waals surface area contributed by atoms with Gasteiger partial charge in [-0.25, -0.2) is 0 Å². The van der Waals surface area contributed by atoms with Gasteiger partial charge in [0.15, 0.2) is 0 Å². The van der Waals surface area contributed by atoms with Gasteiger partial charge in [-0.3, -0.25) is 0 Å². The number of nitrogen functional groups attached to an aromatic ring is 1. The maximum Gasteiger partial charge on any atom is 0.121 e. The Morgan fingerprint density at radius 1 is 1.21 bits per heavy atom. The Morgan fingerprint density at radius 3 is 2.63 bits per heavy atom. The SMILES string of the molecule is COc1cc(N)cc(CN(C)CC2CCCCC2)c1. The van der Waals surface area contributed by atoms with Crippen LogP contribution in [-0.2, 0) is 6.54 Å². The Hall–Kier alpha value is -1.22. The van der Waals surface area contributed by atoms with Crippen molar-refractivity contribution < 1.29 is 4.74 Å². The first-order valence-electron chi connectivity index (χ1n) is 7.29. The highest BCUT2D eigenvalue weighted by atomic mass is 16.5. The molecule has 1 fully saturated rings. The first kappa shape index (κ1) is 14.2. The van der Waals surface area contributed by atoms with Crippen LogP contribution in [0.15, 0.2) is 18.2 Å². The summed E-state index contributed by atoms with van der Waals surface area (Å²) in [6.07, 6.45) is 7.02. The van der Waals surface area contributed by atoms with Gasteiger partial charge in [-0.15, -0.1) is 0 Å². The molecule has 0 unspecified atom stereocenters. The van der Waals surface area contributed by atoms with Crippen molar-refractivity contribution in [1.82, 2.24) is 4.90 Å². The van der Waals surface area contributed by atoms with Gasteiger partial charge in [0.1, 0.15) is 5.75 Å². The van der Waals surface area contributed by atoms with E-state index in [-0.39, 0.29) is 0 Å². The van der Waals surface area contributed by atoms with Crippen molar-refractivity contribution in [1.29, 1.82) is 0 Å². The number of methoxy groups -OCH3 is 1. The highest BCUT2D eigenvalue weighted by Crippen LogP contribution is 2.25. The number of nitrogens with zero attached hydrogens (tertiary/aromatic N) is 1. The molecule has 0 atom stereocenters. The number of rotatable bonds is 5. The predicted molar refractivity (Wildman–Crippen MR) is 80.3 cm³/mol. The second-order valence-electron chi connectivity index (χ2n) is 5.82. The summed E-state index contributed by atoms with van der Waals surface area (Å²) in [6, 6.07) is 5.98. The van der Waals surface area contributed by atoms with Gasteiger partial charge < -0.3 is 15.4 Å². The summed E-state index contributed by atoms with van der Waals surface area (Å²) in [6.45, 7) is 2.13. The monoisotopic (exact) mass is 262 g/mol. The molecular weight excluding hydrogens is 236 g/mol. The first-order valence-corrected chi connectivity index (χ1v) is 7.29. The summed E-state index contributed by atoms with van der Waals surface area (Å²) in [5.41, 5.74) is 7.91. The minimum absolute atomic E-state index is 0.778. The number of hydrogen-bond acceptors (Lipinski definition) is 3. The van der Waals surface area contributed by atoms with Crippen LogP contribution < -0.4 is 10.5 Å². The molecule has 106 valence electrons. The van der Waals surface area contributed by atoms with Crippen molar-refractivity contribution >= 4 is 5.69 Å². The Morgan fingerprint density at radius 2 is 1.95 bits per heavy atom. The van der Waals surface area contributed by atoms with Crippen LogP contribution >= 0.6 is 0 Å². The Bertz CT molecular complexity index is 400. The third-order valence-electron chi connectivity index (χ3n) is 3.97. The lowest BCUT2D eigenvalue weighted by molar-refractivity contribution is 0.228. The van der Waals surface area contributed by atoms with Gasteiger partial charge in [-0.1, -0.05) is 19.3 Å². The van der Waals surface area contributed by atoms with E-state index in [0.29, 0.717) is 0 Å². The summed E-state index contributed by atoms with van der Waals surface area (Å²) in [5.74, 6) is 1.72. The van der Waals surface area contributed by atoms with Gasteiger partial charge in [0.2, 0.25) is 0 Å². The van der Waals surface area contributed by atoms with E-state index in [1.807, 2.05) is 12.1 Å². The van der Waals surface area contributed by atoms with Crippen molar-refractivity contribution in [2.75, 3.05) is 26.4 Å². The molecule has 3 heteroatoms. The summed E-state index contributed by atoms with van der Waals surface area (Å²) >= 11 is 0. The number of nitrogens with two attached hydrogens (primary N) is 1. The number of hydrogen-bond donors (Lipinski definition) is 1. The van der Waals surface area contributed by atoms with Crippen LogP contribution in [0.5, 0.6) is 5.75 Å². The standard InChI is InChI=1S/C16H26N2O/c1-18(11-13-6-4-3-5-7-13)12-14-8-15(17)10-16(9-14)19-2/h8-10,13H,3-7,11-12,17H2,1-2H3. The lowest BCUT2D eigenvalue weighted by atomic mass is 9.89. The molecule has 19 heavy (non-hydrogen) atoms. The maximum atomic E-state index is 5.90. The second kappa shape index (κ2) is 6.80. The van der Waals surface area contributed by atoms with Crippen LogP contribution in [0, 0.1) is 5.92 Å². The lowest BCUT2D eigenvalue weighted by Gasteiger charge is -2.27. The molecule has 0 amide bonds. The van der Waals surface area contributed by atoms with Crippen molar-refractivity contribution in [3.8, 4) is 5.75 Å². The first-order chi connectivity index (χ1) is 9.17. The molecular formula is C16H26N2O. The fourth-order valence-corrected chi connectivity index (χ4v) is 3.08. The largest absolute Gasteiger partial charge is 0.497 e. The minimum atomic E-state index is 0.778. The minimum Gasteiger partial charge on any atom is -0.497 e. The van der Waals surface area contributed by atoms with E-state index in [2.05, 4.69) is 18.0 Å². The summed E-state index contributed by atoms with van der Waals surface area (Å²) in [5, 5.41) is 0. The average molecular weight is 262 g/mol. The van der Waals surface area contributed by atoms with Crippen molar-refractivity contribution in [3.63, 3.8) is 0 Å². The van der Waals surface area contributed by atoms with Crippen molar-refractivity contribution in [2.45, 2.75) is 38.6 Å². The van der Waals surface area contributed by atoms with E-state index in [1.54, 1.807) is 7.11 Å². The average Bonchev–Trinajstić information content (AvgIpc) is 2.38. The number of benzene rings is 1. The summed E-state index contributed by atoms with van der Waals surface area (Å²) in [7, 11) is 3.88. The molecule has 0 saturated heterocycles. The van der Waals surface area contributed by atoms with E-state index >= 15 is 0 Å². The zero-order valence-corrected chi connectivity index (χ0v) is 12.2. The normalized spacial score (nSPS) is 16.8. The molecule has 1 aliphatic rings. The number of ether oxygens (including phenoxy) is 1. The van der Waals surface area contributed by atoms with Gasteiger partial charge in [-0.2, -0.15) is 0 Å². The van der Waals surface area contributed by atoms with Gasteiger partial charge >= 0.3 is 0 Å². The molecule has 0 radical (unpaired) electrons. The zero-order valence-electron chi connectivity index (χ0n) is 12.2. The van der Waals surface area contributed by atoms with Gasteiger partial charge in [-0.05, 0) is 43.5 Å². The van der Waals surface area contributed by atoms with Crippen LogP contribution in [-0.4, -0.2) is 25.6 Å². The Balaban J connectivity index is 1.90. The topological polar surface area (TPSA) is 38.5 Å². The Labute approximate surface area is 116 Å². The van der Waals surface area contributed by atoms with Gasteiger partial charge in [0, 0.05) is 24.8 Å². The Kier molecular flexibility index (Phi) is 5.08. The second-order valence-corrected chi connectivity index (χ2v) is 5.82. The lowest BCUT2D eigenvalue weighted by Crippen LogP contribution is -2.26. The van der Waals surface area contributed by atoms with Crippen LogP contribution in [0.3, 0.4) is 0 Å². The van der Waals surface area contributed by atoms with Crippen LogP contribution in [0.1, 0.15) is 37.7 Å². The van der Waals surface area contributed by atoms with Crippen LogP contribution in [0.25, 0.3) is 0 Å². The van der Waals surface area contributed by atoms with Gasteiger partial charge in [0.05, 0.1) is 7.11 Å². The van der Waals surface area contributed by atoms with Crippen LogP contribution in [0.2, 0.25) is 0 Å². The van der Waals surface area contributed by atoms with E-state index in [9.17, 15) is 0 Å². The smallest absolute Gasteiger partial charge is 0.121 e. The predicted octanol–water partition coefficient (Wildman–Crippen LogP) is 3.29. The summed E-state index contributed by atoms with van der Waals surface area (Å²) < 4.78 is 5.27. The molecule has 0 bridgehead atoms. The summed E-state index contributed by atoms with van der Waals surface area (Å²) in [4.78, 5) is 2.41. The van der Waals surface area contributed by atoms with Crippen molar-refractivity contribution in [3.05, 3.63) is 23.8 Å². The fourth-order valence-electron chi connectivity index (χ4n) is 3.08. The molecule has 0 aliphatic heterocycles. The zero-order chi connectivity index (χ0) is 13.7. The van der Waals surface area contributed by atoms with E-state index in [4.69, 9.17) is 10.5 Å². The molecule has 1 aromatic rings. The molecule has 0 heterocycles. The highest BCUT2D eigenvalue weighted by Gasteiger charge is 2.15. The van der Waals surface area contributed by atoms with E-state index in [0.717, 1.165) is 23.9 Å². The molecule has 0 aromatic heterocycles. The van der Waals surface area contributed by atoms with E-state index in [1.165, 1.54) is 44.2 Å². The molecule has 1 saturated carbocycles. The third kappa shape index (κ3) is 4.43. The van der Waals surface area contributed by atoms with Crippen LogP contribution in [0.4, 0.5) is 5.69 Å².